The van der Waals surface area contributed by atoms with Crippen LogP contribution in [0.4, 0.5) is 5.69 Å². The van der Waals surface area contributed by atoms with Crippen LogP contribution in [0.25, 0.3) is 11.1 Å². The van der Waals surface area contributed by atoms with Gasteiger partial charge in [-0.3, -0.25) is 14.5 Å². The molecule has 0 unspecified atom stereocenters. The molecule has 168 valence electrons. The van der Waals surface area contributed by atoms with Crippen LogP contribution >= 0.6 is 0 Å². The minimum atomic E-state index is -1.06. The lowest BCUT2D eigenvalue weighted by molar-refractivity contribution is -0.127. The maximum Gasteiger partial charge on any atom is 0.276 e. The lowest BCUT2D eigenvalue weighted by atomic mass is 9.86. The number of aryl methyl sites for hydroxylation is 1. The Bertz CT molecular complexity index is 1200. The van der Waals surface area contributed by atoms with Crippen molar-refractivity contribution in [2.75, 3.05) is 4.90 Å². The Morgan fingerprint density at radius 2 is 1.91 bits per heavy atom. The Labute approximate surface area is 188 Å². The van der Waals surface area contributed by atoms with Crippen molar-refractivity contribution >= 4 is 28.6 Å². The molecule has 3 heterocycles. The number of fused-ring (bicyclic) bond motifs is 3. The zero-order valence-corrected chi connectivity index (χ0v) is 19.3. The summed E-state index contributed by atoms with van der Waals surface area (Å²) in [5.41, 5.74) is 3.89. The molecule has 1 atom stereocenters. The third kappa shape index (κ3) is 3.15. The molecule has 0 spiro atoms. The van der Waals surface area contributed by atoms with Crippen LogP contribution in [-0.2, 0) is 11.3 Å². The molecule has 3 aromatic rings. The van der Waals surface area contributed by atoms with Crippen LogP contribution in [0.5, 0.6) is 0 Å². The van der Waals surface area contributed by atoms with Gasteiger partial charge in [-0.25, -0.2) is 0 Å². The fraction of sp³-hybridized carbons (Fsp3) is 0.462. The SMILES string of the molecule is Cc1cccc(N2C(=O)c3cc4occc4n3C[C@@]2(C)C(=O)NC2CCC(C)CC2)c1C. The summed E-state index contributed by atoms with van der Waals surface area (Å²) >= 11 is 0. The molecule has 0 saturated heterocycles. The standard InChI is InChI=1S/C26H31N3O3/c1-16-8-10-19(11-9-16)27-25(31)26(4)15-28-21-12-13-32-23(21)14-22(28)24(30)29(26)20-7-5-6-17(2)18(20)3/h5-7,12-14,16,19H,8-11,15H2,1-4H3,(H,27,31)/t16?,19?,26-/m0/s1. The first kappa shape index (κ1) is 20.9. The summed E-state index contributed by atoms with van der Waals surface area (Å²) in [4.78, 5) is 29.5. The number of amides is 2. The van der Waals surface area contributed by atoms with Crippen LogP contribution < -0.4 is 10.2 Å². The molecule has 1 fully saturated rings. The van der Waals surface area contributed by atoms with E-state index in [4.69, 9.17) is 4.42 Å². The minimum Gasteiger partial charge on any atom is -0.463 e. The van der Waals surface area contributed by atoms with Gasteiger partial charge in [-0.2, -0.15) is 0 Å². The van der Waals surface area contributed by atoms with Gasteiger partial charge in [-0.15, -0.1) is 0 Å². The van der Waals surface area contributed by atoms with Crippen molar-refractivity contribution in [1.29, 1.82) is 0 Å². The van der Waals surface area contributed by atoms with Crippen molar-refractivity contribution in [2.24, 2.45) is 5.92 Å². The Kier molecular flexibility index (Phi) is 4.91. The smallest absolute Gasteiger partial charge is 0.276 e. The van der Waals surface area contributed by atoms with Crippen LogP contribution in [0.3, 0.4) is 0 Å². The van der Waals surface area contributed by atoms with Crippen LogP contribution in [-0.4, -0.2) is 28.0 Å². The number of furan rings is 1. The van der Waals surface area contributed by atoms with Gasteiger partial charge in [0.15, 0.2) is 5.58 Å². The fourth-order valence-electron chi connectivity index (χ4n) is 5.31. The van der Waals surface area contributed by atoms with E-state index < -0.39 is 5.54 Å². The summed E-state index contributed by atoms with van der Waals surface area (Å²) in [6.07, 6.45) is 5.85. The molecule has 1 aromatic carbocycles. The summed E-state index contributed by atoms with van der Waals surface area (Å²) in [7, 11) is 0. The van der Waals surface area contributed by atoms with E-state index in [1.165, 1.54) is 0 Å². The van der Waals surface area contributed by atoms with E-state index in [9.17, 15) is 9.59 Å². The number of anilines is 1. The molecule has 2 amide bonds. The lowest BCUT2D eigenvalue weighted by Gasteiger charge is -2.45. The molecule has 6 nitrogen and oxygen atoms in total. The van der Waals surface area contributed by atoms with Crippen molar-refractivity contribution in [3.05, 3.63) is 53.4 Å². The van der Waals surface area contributed by atoms with E-state index in [-0.39, 0.29) is 17.9 Å². The zero-order chi connectivity index (χ0) is 22.6. The number of aromatic nitrogens is 1. The summed E-state index contributed by atoms with van der Waals surface area (Å²) in [6, 6.07) is 9.73. The first-order valence-electron chi connectivity index (χ1n) is 11.6. The monoisotopic (exact) mass is 433 g/mol. The molecule has 1 aliphatic heterocycles. The minimum absolute atomic E-state index is 0.0951. The molecular formula is C26H31N3O3. The van der Waals surface area contributed by atoms with Gasteiger partial charge in [0.1, 0.15) is 11.2 Å². The van der Waals surface area contributed by atoms with E-state index in [1.807, 2.05) is 49.6 Å². The fourth-order valence-corrected chi connectivity index (χ4v) is 5.31. The van der Waals surface area contributed by atoms with Crippen LogP contribution in [0, 0.1) is 19.8 Å². The molecule has 6 heteroatoms. The molecule has 32 heavy (non-hydrogen) atoms. The highest BCUT2D eigenvalue weighted by molar-refractivity contribution is 6.14. The van der Waals surface area contributed by atoms with Crippen molar-refractivity contribution < 1.29 is 14.0 Å². The maximum absolute atomic E-state index is 13.9. The third-order valence-corrected chi connectivity index (χ3v) is 7.56. The number of carbonyl (C=O) groups excluding carboxylic acids is 2. The van der Waals surface area contributed by atoms with Gasteiger partial charge in [-0.1, -0.05) is 19.1 Å². The summed E-state index contributed by atoms with van der Waals surface area (Å²) in [5, 5.41) is 3.30. The number of rotatable bonds is 3. The topological polar surface area (TPSA) is 67.5 Å². The van der Waals surface area contributed by atoms with Gasteiger partial charge in [0, 0.05) is 23.9 Å². The average molecular weight is 434 g/mol. The Balaban J connectivity index is 1.60. The summed E-state index contributed by atoms with van der Waals surface area (Å²) in [5.74, 6) is 0.437. The molecule has 1 N–H and O–H groups in total. The van der Waals surface area contributed by atoms with E-state index >= 15 is 0 Å². The highest BCUT2D eigenvalue weighted by Crippen LogP contribution is 2.38. The normalized spacial score (nSPS) is 25.8. The van der Waals surface area contributed by atoms with Crippen molar-refractivity contribution in [3.63, 3.8) is 0 Å². The van der Waals surface area contributed by atoms with E-state index in [0.717, 1.165) is 48.0 Å². The quantitative estimate of drug-likeness (QED) is 0.634. The molecule has 1 saturated carbocycles. The van der Waals surface area contributed by atoms with Gasteiger partial charge >= 0.3 is 0 Å². The van der Waals surface area contributed by atoms with Crippen molar-refractivity contribution in [1.82, 2.24) is 9.88 Å². The van der Waals surface area contributed by atoms with Gasteiger partial charge < -0.3 is 14.3 Å². The Morgan fingerprint density at radius 1 is 1.16 bits per heavy atom. The number of hydrogen-bond donors (Lipinski definition) is 1. The predicted molar refractivity (Wildman–Crippen MR) is 125 cm³/mol. The first-order chi connectivity index (χ1) is 15.3. The summed E-state index contributed by atoms with van der Waals surface area (Å²) in [6.45, 7) is 8.58. The van der Waals surface area contributed by atoms with E-state index in [0.29, 0.717) is 23.7 Å². The van der Waals surface area contributed by atoms with Crippen LogP contribution in [0.15, 0.2) is 41.0 Å². The zero-order valence-electron chi connectivity index (χ0n) is 19.3. The van der Waals surface area contributed by atoms with Gasteiger partial charge in [0.25, 0.3) is 5.91 Å². The van der Waals surface area contributed by atoms with Crippen LogP contribution in [0.1, 0.15) is 61.1 Å². The van der Waals surface area contributed by atoms with E-state index in [2.05, 4.69) is 12.2 Å². The van der Waals surface area contributed by atoms with Gasteiger partial charge in [0.05, 0.1) is 18.3 Å². The molecule has 0 radical (unpaired) electrons. The van der Waals surface area contributed by atoms with Gasteiger partial charge in [0.2, 0.25) is 5.91 Å². The van der Waals surface area contributed by atoms with Crippen molar-refractivity contribution in [3.8, 4) is 0 Å². The summed E-state index contributed by atoms with van der Waals surface area (Å²) < 4.78 is 7.51. The molecular weight excluding hydrogens is 402 g/mol. The number of hydrogen-bond acceptors (Lipinski definition) is 3. The third-order valence-electron chi connectivity index (χ3n) is 7.56. The van der Waals surface area contributed by atoms with E-state index in [1.54, 1.807) is 17.2 Å². The largest absolute Gasteiger partial charge is 0.463 e. The second-order valence-corrected chi connectivity index (χ2v) is 9.85. The number of carbonyl (C=O) groups is 2. The molecule has 2 aliphatic rings. The second-order valence-electron chi connectivity index (χ2n) is 9.85. The average Bonchev–Trinajstić information content (AvgIpc) is 3.35. The van der Waals surface area contributed by atoms with Crippen molar-refractivity contribution in [2.45, 2.75) is 71.5 Å². The Hall–Kier alpha value is -3.02. The molecule has 1 aliphatic carbocycles. The van der Waals surface area contributed by atoms with Gasteiger partial charge in [-0.05, 0) is 69.6 Å². The predicted octanol–water partition coefficient (Wildman–Crippen LogP) is 4.97. The second kappa shape index (κ2) is 7.54. The maximum atomic E-state index is 13.9. The van der Waals surface area contributed by atoms with Crippen LogP contribution in [0.2, 0.25) is 0 Å². The number of benzene rings is 1. The number of nitrogens with one attached hydrogen (secondary N) is 1. The number of nitrogens with zero attached hydrogens (tertiary/aromatic N) is 2. The highest BCUT2D eigenvalue weighted by Gasteiger charge is 2.49. The highest BCUT2D eigenvalue weighted by atomic mass is 16.3. The lowest BCUT2D eigenvalue weighted by Crippen LogP contribution is -2.65. The molecule has 5 rings (SSSR count). The molecule has 2 aromatic heterocycles. The Morgan fingerprint density at radius 3 is 2.66 bits per heavy atom. The first-order valence-corrected chi connectivity index (χ1v) is 11.6. The molecule has 0 bridgehead atoms.